The second-order valence-corrected chi connectivity index (χ2v) is 7.17. The lowest BCUT2D eigenvalue weighted by atomic mass is 9.96. The number of benzene rings is 1. The number of hydrazine groups is 1. The molecule has 29 heavy (non-hydrogen) atoms. The van der Waals surface area contributed by atoms with E-state index in [0.717, 1.165) is 44.6 Å². The minimum absolute atomic E-state index is 0.0176. The zero-order valence-corrected chi connectivity index (χ0v) is 16.2. The van der Waals surface area contributed by atoms with Gasteiger partial charge in [-0.25, -0.2) is 4.39 Å². The minimum atomic E-state index is -4.99. The number of amides is 1. The van der Waals surface area contributed by atoms with Gasteiger partial charge >= 0.3 is 6.18 Å². The van der Waals surface area contributed by atoms with E-state index in [1.807, 2.05) is 0 Å². The monoisotopic (exact) mass is 414 g/mol. The molecule has 0 aromatic heterocycles. The molecule has 2 rings (SSSR count). The highest BCUT2D eigenvalue weighted by atomic mass is 19.4. The lowest BCUT2D eigenvalue weighted by Crippen LogP contribution is -2.39. The second kappa shape index (κ2) is 11.0. The predicted molar refractivity (Wildman–Crippen MR) is 101 cm³/mol. The number of alkyl halides is 3. The molecule has 0 spiro atoms. The van der Waals surface area contributed by atoms with Gasteiger partial charge in [-0.1, -0.05) is 50.7 Å². The maximum absolute atomic E-state index is 13.8. The molecule has 4 nitrogen and oxygen atoms in total. The third kappa shape index (κ3) is 7.18. The summed E-state index contributed by atoms with van der Waals surface area (Å²) in [7, 11) is 0. The van der Waals surface area contributed by atoms with E-state index < -0.39 is 23.7 Å². The molecule has 0 aliphatic heterocycles. The summed E-state index contributed by atoms with van der Waals surface area (Å²) in [4.78, 5) is 24.2. The number of nitrogens with one attached hydrogen (secondary N) is 2. The van der Waals surface area contributed by atoms with Crippen LogP contribution in [0.5, 0.6) is 0 Å². The Bertz CT molecular complexity index is 744. The van der Waals surface area contributed by atoms with Crippen molar-refractivity contribution in [3.63, 3.8) is 0 Å². The average molecular weight is 414 g/mol. The molecule has 1 aliphatic rings. The summed E-state index contributed by atoms with van der Waals surface area (Å²) < 4.78 is 53.2. The Labute approximate surface area is 167 Å². The summed E-state index contributed by atoms with van der Waals surface area (Å²) in [5.41, 5.74) is 4.21. The molecule has 0 saturated heterocycles. The van der Waals surface area contributed by atoms with Gasteiger partial charge in [0.2, 0.25) is 0 Å². The van der Waals surface area contributed by atoms with Gasteiger partial charge in [0.25, 0.3) is 11.7 Å². The summed E-state index contributed by atoms with van der Waals surface area (Å²) in [6.07, 6.45) is 1.80. The van der Waals surface area contributed by atoms with Crippen molar-refractivity contribution in [2.24, 2.45) is 0 Å². The first-order chi connectivity index (χ1) is 13.8. The molecule has 8 heteroatoms. The van der Waals surface area contributed by atoms with Crippen molar-refractivity contribution in [1.82, 2.24) is 10.9 Å². The van der Waals surface area contributed by atoms with Crippen molar-refractivity contribution in [2.45, 2.75) is 70.4 Å². The van der Waals surface area contributed by atoms with E-state index in [-0.39, 0.29) is 29.7 Å². The van der Waals surface area contributed by atoms with Gasteiger partial charge in [0.05, 0.1) is 5.56 Å². The van der Waals surface area contributed by atoms with Gasteiger partial charge in [0.1, 0.15) is 5.82 Å². The largest absolute Gasteiger partial charge is 0.454 e. The van der Waals surface area contributed by atoms with Crippen LogP contribution in [0.3, 0.4) is 0 Å². The first-order valence-electron chi connectivity index (χ1n) is 9.95. The Morgan fingerprint density at radius 1 is 0.828 bits per heavy atom. The highest BCUT2D eigenvalue weighted by Crippen LogP contribution is 2.28. The maximum atomic E-state index is 13.8. The van der Waals surface area contributed by atoms with Gasteiger partial charge < -0.3 is 5.43 Å². The number of hydrogen-bond acceptors (Lipinski definition) is 3. The topological polar surface area (TPSA) is 58.2 Å². The second-order valence-electron chi connectivity index (χ2n) is 7.17. The molecule has 0 unspecified atom stereocenters. The molecule has 1 aromatic carbocycles. The van der Waals surface area contributed by atoms with Crippen LogP contribution in [0.15, 0.2) is 35.5 Å². The number of hydrogen-bond donors (Lipinski definition) is 2. The summed E-state index contributed by atoms with van der Waals surface area (Å²) >= 11 is 0. The minimum Gasteiger partial charge on any atom is -0.302 e. The van der Waals surface area contributed by atoms with Crippen molar-refractivity contribution in [3.8, 4) is 0 Å². The highest BCUT2D eigenvalue weighted by molar-refractivity contribution is 6.00. The summed E-state index contributed by atoms with van der Waals surface area (Å²) in [6.45, 7) is 0. The van der Waals surface area contributed by atoms with Crippen LogP contribution in [0.2, 0.25) is 0 Å². The molecule has 160 valence electrons. The Kier molecular flexibility index (Phi) is 8.67. The van der Waals surface area contributed by atoms with E-state index in [0.29, 0.717) is 12.8 Å². The van der Waals surface area contributed by atoms with Crippen molar-refractivity contribution in [1.29, 1.82) is 0 Å². The molecular weight excluding hydrogens is 388 g/mol. The number of carbonyl (C=O) groups is 2. The first-order valence-corrected chi connectivity index (χ1v) is 9.95. The third-order valence-corrected chi connectivity index (χ3v) is 4.94. The molecule has 1 amide bonds. The molecule has 0 heterocycles. The van der Waals surface area contributed by atoms with Crippen molar-refractivity contribution >= 4 is 11.7 Å². The fourth-order valence-corrected chi connectivity index (χ4v) is 3.37. The lowest BCUT2D eigenvalue weighted by molar-refractivity contribution is -0.166. The van der Waals surface area contributed by atoms with Crippen molar-refractivity contribution in [3.05, 3.63) is 46.9 Å². The molecule has 0 fully saturated rings. The van der Waals surface area contributed by atoms with Crippen LogP contribution in [0, 0.1) is 5.82 Å². The normalized spacial score (nSPS) is 19.6. The zero-order valence-electron chi connectivity index (χ0n) is 16.2. The van der Waals surface area contributed by atoms with Crippen LogP contribution >= 0.6 is 0 Å². The maximum Gasteiger partial charge on any atom is 0.454 e. The van der Waals surface area contributed by atoms with Crippen LogP contribution in [0.1, 0.15) is 74.6 Å². The van der Waals surface area contributed by atoms with Crippen LogP contribution in [0.4, 0.5) is 17.6 Å². The highest BCUT2D eigenvalue weighted by Gasteiger charge is 2.41. The molecular formula is C21H26F4N2O2. The standard InChI is InChI=1S/C21H26F4N2O2/c22-17-13-10-9-11-15(17)20(29)27-26-18-14-8-6-4-2-1-3-5-7-12-16(18)19(28)21(23,24)25/h9-11,13,26H,1-8,12,14H2,(H,27,29)/b18-16-. The average Bonchev–Trinajstić information content (AvgIpc) is 2.66. The van der Waals surface area contributed by atoms with Crippen LogP contribution < -0.4 is 10.9 Å². The molecule has 0 bridgehead atoms. The number of rotatable bonds is 4. The molecule has 2 N–H and O–H groups in total. The summed E-state index contributed by atoms with van der Waals surface area (Å²) in [5, 5.41) is 0. The Hall–Kier alpha value is -2.38. The van der Waals surface area contributed by atoms with Crippen LogP contribution in [-0.2, 0) is 4.79 Å². The van der Waals surface area contributed by atoms with Gasteiger partial charge in [-0.05, 0) is 37.8 Å². The first kappa shape index (κ1) is 22.9. The van der Waals surface area contributed by atoms with Crippen LogP contribution in [0.25, 0.3) is 0 Å². The molecule has 1 aromatic rings. The zero-order chi connectivity index (χ0) is 21.3. The number of ketones is 1. The van der Waals surface area contributed by atoms with Gasteiger partial charge in [-0.15, -0.1) is 0 Å². The summed E-state index contributed by atoms with van der Waals surface area (Å²) in [6, 6.07) is 5.28. The van der Waals surface area contributed by atoms with E-state index in [2.05, 4.69) is 10.9 Å². The van der Waals surface area contributed by atoms with E-state index in [1.165, 1.54) is 18.2 Å². The third-order valence-electron chi connectivity index (χ3n) is 4.94. The Morgan fingerprint density at radius 3 is 1.97 bits per heavy atom. The molecule has 0 radical (unpaired) electrons. The van der Waals surface area contributed by atoms with Gasteiger partial charge in [-0.2, -0.15) is 13.2 Å². The van der Waals surface area contributed by atoms with Gasteiger partial charge in [0.15, 0.2) is 0 Å². The fraction of sp³-hybridized carbons (Fsp3) is 0.524. The van der Waals surface area contributed by atoms with Gasteiger partial charge in [-0.3, -0.25) is 15.0 Å². The Balaban J connectivity index is 2.24. The van der Waals surface area contributed by atoms with Crippen molar-refractivity contribution in [2.75, 3.05) is 0 Å². The van der Waals surface area contributed by atoms with E-state index >= 15 is 0 Å². The quantitative estimate of drug-likeness (QED) is 0.515. The smallest absolute Gasteiger partial charge is 0.302 e. The van der Waals surface area contributed by atoms with Crippen LogP contribution in [-0.4, -0.2) is 17.9 Å². The SMILES string of the molecule is O=C(NN/C1=C(\C(=O)C(F)(F)F)CCCCCCCCCC1)c1ccccc1F. The predicted octanol–water partition coefficient (Wildman–Crippen LogP) is 5.36. The number of halogens is 4. The molecule has 0 atom stereocenters. The van der Waals surface area contributed by atoms with E-state index in [4.69, 9.17) is 0 Å². The Morgan fingerprint density at radius 2 is 1.38 bits per heavy atom. The molecule has 1 aliphatic carbocycles. The number of allylic oxidation sites excluding steroid dienone is 2. The fourth-order valence-electron chi connectivity index (χ4n) is 3.37. The number of Topliss-reactive ketones (excluding diaryl/α,β-unsaturated/α-hetero) is 1. The molecule has 0 saturated carbocycles. The lowest BCUT2D eigenvalue weighted by Gasteiger charge is -2.19. The summed E-state index contributed by atoms with van der Waals surface area (Å²) in [5.74, 6) is -3.45. The van der Waals surface area contributed by atoms with Gasteiger partial charge in [0, 0.05) is 11.3 Å². The van der Waals surface area contributed by atoms with Crippen molar-refractivity contribution < 1.29 is 27.2 Å². The van der Waals surface area contributed by atoms with E-state index in [9.17, 15) is 27.2 Å². The van der Waals surface area contributed by atoms with E-state index in [1.54, 1.807) is 0 Å². The number of carbonyl (C=O) groups excluding carboxylic acids is 2.